The maximum absolute atomic E-state index is 10.9. The number of amides is 1. The van der Waals surface area contributed by atoms with E-state index >= 15 is 0 Å². The quantitative estimate of drug-likeness (QED) is 0.665. The van der Waals surface area contributed by atoms with Gasteiger partial charge in [-0.1, -0.05) is 36.4 Å². The normalized spacial score (nSPS) is 10.3. The maximum atomic E-state index is 10.9. The second kappa shape index (κ2) is 6.26. The highest BCUT2D eigenvalue weighted by molar-refractivity contribution is 6.27. The number of alkyl halides is 1. The average Bonchev–Trinajstić information content (AvgIpc) is 2.43. The number of carbonyl (C=O) groups is 1. The van der Waals surface area contributed by atoms with Crippen LogP contribution in [0.5, 0.6) is 5.75 Å². The Balaban J connectivity index is 1.97. The Bertz CT molecular complexity index is 537. The number of hydrogen-bond acceptors (Lipinski definition) is 2. The van der Waals surface area contributed by atoms with Gasteiger partial charge in [0.2, 0.25) is 5.91 Å². The molecule has 3 nitrogen and oxygen atoms in total. The minimum atomic E-state index is -0.182. The molecule has 1 N–H and O–H groups in total. The SMILES string of the molecule is O=C(CCl)NCCOc1cccc2ccccc12. The Morgan fingerprint density at radius 1 is 1.17 bits per heavy atom. The fraction of sp³-hybridized carbons (Fsp3) is 0.214. The van der Waals surface area contributed by atoms with Crippen LogP contribution in [0, 0.1) is 0 Å². The average molecular weight is 264 g/mol. The van der Waals surface area contributed by atoms with Gasteiger partial charge in [0.05, 0.1) is 6.54 Å². The summed E-state index contributed by atoms with van der Waals surface area (Å²) in [5.74, 6) is 0.625. The van der Waals surface area contributed by atoms with Gasteiger partial charge in [0.1, 0.15) is 18.2 Å². The van der Waals surface area contributed by atoms with Crippen LogP contribution in [0.2, 0.25) is 0 Å². The third-order valence-corrected chi connectivity index (χ3v) is 2.80. The van der Waals surface area contributed by atoms with Gasteiger partial charge in [0.25, 0.3) is 0 Å². The molecule has 0 bridgehead atoms. The molecule has 0 radical (unpaired) electrons. The molecule has 0 aliphatic carbocycles. The van der Waals surface area contributed by atoms with Gasteiger partial charge in [-0.3, -0.25) is 4.79 Å². The van der Waals surface area contributed by atoms with Crippen molar-refractivity contribution in [3.63, 3.8) is 0 Å². The van der Waals surface area contributed by atoms with Gasteiger partial charge in [0.15, 0.2) is 0 Å². The zero-order valence-electron chi connectivity index (χ0n) is 9.86. The van der Waals surface area contributed by atoms with Crippen LogP contribution in [0.25, 0.3) is 10.8 Å². The second-order valence-corrected chi connectivity index (χ2v) is 4.08. The molecular formula is C14H14ClNO2. The minimum Gasteiger partial charge on any atom is -0.491 e. The molecule has 2 rings (SSSR count). The summed E-state index contributed by atoms with van der Waals surface area (Å²) in [5.41, 5.74) is 0. The Hall–Kier alpha value is -1.74. The van der Waals surface area contributed by atoms with E-state index < -0.39 is 0 Å². The third kappa shape index (κ3) is 3.14. The Labute approximate surface area is 111 Å². The van der Waals surface area contributed by atoms with Crippen molar-refractivity contribution in [3.05, 3.63) is 42.5 Å². The number of fused-ring (bicyclic) bond motifs is 1. The molecule has 0 fully saturated rings. The number of halogens is 1. The number of nitrogens with one attached hydrogen (secondary N) is 1. The van der Waals surface area contributed by atoms with Gasteiger partial charge in [-0.2, -0.15) is 0 Å². The van der Waals surface area contributed by atoms with Crippen LogP contribution >= 0.6 is 11.6 Å². The van der Waals surface area contributed by atoms with Gasteiger partial charge in [-0.05, 0) is 11.5 Å². The molecule has 1 amide bonds. The molecule has 0 aromatic heterocycles. The first-order valence-corrected chi connectivity index (χ1v) is 6.28. The Morgan fingerprint density at radius 3 is 2.78 bits per heavy atom. The predicted molar refractivity (Wildman–Crippen MR) is 73.2 cm³/mol. The summed E-state index contributed by atoms with van der Waals surface area (Å²) in [6.45, 7) is 0.880. The number of benzene rings is 2. The molecule has 2 aromatic rings. The largest absolute Gasteiger partial charge is 0.491 e. The molecule has 18 heavy (non-hydrogen) atoms. The van der Waals surface area contributed by atoms with Crippen molar-refractivity contribution in [2.45, 2.75) is 0 Å². The van der Waals surface area contributed by atoms with Crippen LogP contribution in [-0.4, -0.2) is 24.9 Å². The van der Waals surface area contributed by atoms with Gasteiger partial charge in [-0.25, -0.2) is 0 Å². The molecule has 0 spiro atoms. The summed E-state index contributed by atoms with van der Waals surface area (Å²) >= 11 is 5.37. The zero-order chi connectivity index (χ0) is 12.8. The highest BCUT2D eigenvalue weighted by Gasteiger charge is 2.01. The van der Waals surface area contributed by atoms with Crippen molar-refractivity contribution in [1.82, 2.24) is 5.32 Å². The van der Waals surface area contributed by atoms with Gasteiger partial charge < -0.3 is 10.1 Å². The van der Waals surface area contributed by atoms with Gasteiger partial charge in [0, 0.05) is 5.39 Å². The van der Waals surface area contributed by atoms with E-state index in [9.17, 15) is 4.79 Å². The summed E-state index contributed by atoms with van der Waals surface area (Å²) < 4.78 is 5.66. The fourth-order valence-corrected chi connectivity index (χ4v) is 1.81. The highest BCUT2D eigenvalue weighted by Crippen LogP contribution is 2.24. The number of carbonyl (C=O) groups excluding carboxylic acids is 1. The lowest BCUT2D eigenvalue weighted by Gasteiger charge is -2.09. The molecule has 0 aliphatic rings. The zero-order valence-corrected chi connectivity index (χ0v) is 10.6. The lowest BCUT2D eigenvalue weighted by atomic mass is 10.1. The van der Waals surface area contributed by atoms with Crippen molar-refractivity contribution < 1.29 is 9.53 Å². The van der Waals surface area contributed by atoms with E-state index in [0.29, 0.717) is 13.2 Å². The van der Waals surface area contributed by atoms with Gasteiger partial charge >= 0.3 is 0 Å². The van der Waals surface area contributed by atoms with E-state index in [-0.39, 0.29) is 11.8 Å². The van der Waals surface area contributed by atoms with Crippen molar-refractivity contribution >= 4 is 28.3 Å². The van der Waals surface area contributed by atoms with Crippen LogP contribution in [0.4, 0.5) is 0 Å². The molecule has 0 unspecified atom stereocenters. The number of rotatable bonds is 5. The van der Waals surface area contributed by atoms with Crippen molar-refractivity contribution in [2.75, 3.05) is 19.0 Å². The van der Waals surface area contributed by atoms with E-state index in [0.717, 1.165) is 16.5 Å². The van der Waals surface area contributed by atoms with Crippen LogP contribution < -0.4 is 10.1 Å². The van der Waals surface area contributed by atoms with E-state index in [1.807, 2.05) is 42.5 Å². The van der Waals surface area contributed by atoms with Crippen LogP contribution in [0.3, 0.4) is 0 Å². The first-order chi connectivity index (χ1) is 8.81. The molecule has 0 atom stereocenters. The Kier molecular flexibility index (Phi) is 4.42. The standard InChI is InChI=1S/C14H14ClNO2/c15-10-14(17)16-8-9-18-13-7-3-5-11-4-1-2-6-12(11)13/h1-7H,8-10H2,(H,16,17). The molecule has 4 heteroatoms. The second-order valence-electron chi connectivity index (χ2n) is 3.81. The number of hydrogen-bond donors (Lipinski definition) is 1. The van der Waals surface area contributed by atoms with Crippen molar-refractivity contribution in [1.29, 1.82) is 0 Å². The maximum Gasteiger partial charge on any atom is 0.235 e. The summed E-state index contributed by atoms with van der Waals surface area (Å²) in [7, 11) is 0. The topological polar surface area (TPSA) is 38.3 Å². The smallest absolute Gasteiger partial charge is 0.235 e. The van der Waals surface area contributed by atoms with Crippen LogP contribution in [0.15, 0.2) is 42.5 Å². The third-order valence-electron chi connectivity index (χ3n) is 2.55. The Morgan fingerprint density at radius 2 is 1.94 bits per heavy atom. The predicted octanol–water partition coefficient (Wildman–Crippen LogP) is 2.57. The molecule has 0 aliphatic heterocycles. The molecule has 2 aromatic carbocycles. The molecule has 0 saturated heterocycles. The van der Waals surface area contributed by atoms with E-state index in [4.69, 9.17) is 16.3 Å². The lowest BCUT2D eigenvalue weighted by Crippen LogP contribution is -2.28. The van der Waals surface area contributed by atoms with E-state index in [2.05, 4.69) is 5.32 Å². The summed E-state index contributed by atoms with van der Waals surface area (Å²) in [6.07, 6.45) is 0. The monoisotopic (exact) mass is 263 g/mol. The van der Waals surface area contributed by atoms with E-state index in [1.165, 1.54) is 0 Å². The summed E-state index contributed by atoms with van der Waals surface area (Å²) in [4.78, 5) is 10.9. The van der Waals surface area contributed by atoms with E-state index in [1.54, 1.807) is 0 Å². The summed E-state index contributed by atoms with van der Waals surface area (Å²) in [5, 5.41) is 4.87. The fourth-order valence-electron chi connectivity index (χ4n) is 1.72. The lowest BCUT2D eigenvalue weighted by molar-refractivity contribution is -0.118. The molecule has 0 saturated carbocycles. The van der Waals surface area contributed by atoms with Crippen LogP contribution in [-0.2, 0) is 4.79 Å². The van der Waals surface area contributed by atoms with Gasteiger partial charge in [-0.15, -0.1) is 11.6 Å². The highest BCUT2D eigenvalue weighted by atomic mass is 35.5. The first-order valence-electron chi connectivity index (χ1n) is 5.74. The van der Waals surface area contributed by atoms with Crippen molar-refractivity contribution in [2.24, 2.45) is 0 Å². The molecule has 0 heterocycles. The summed E-state index contributed by atoms with van der Waals surface area (Å²) in [6, 6.07) is 13.9. The van der Waals surface area contributed by atoms with Crippen molar-refractivity contribution in [3.8, 4) is 5.75 Å². The number of ether oxygens (including phenoxy) is 1. The molecule has 94 valence electrons. The minimum absolute atomic E-state index is 0.0196. The van der Waals surface area contributed by atoms with Crippen LogP contribution in [0.1, 0.15) is 0 Å². The first kappa shape index (κ1) is 12.7. The molecular weight excluding hydrogens is 250 g/mol.